The molecule has 0 radical (unpaired) electrons. The van der Waals surface area contributed by atoms with Gasteiger partial charge < -0.3 is 13.3 Å². The van der Waals surface area contributed by atoms with Crippen molar-refractivity contribution in [2.45, 2.75) is 38.1 Å². The van der Waals surface area contributed by atoms with E-state index in [1.807, 2.05) is 0 Å². The topological polar surface area (TPSA) is 27.7 Å². The number of hydrogen-bond donors (Lipinski definition) is 0. The second kappa shape index (κ2) is 6.43. The van der Waals surface area contributed by atoms with Crippen LogP contribution in [0.15, 0.2) is 11.6 Å². The average molecular weight is 230 g/mol. The number of allylic oxidation sites excluding steroid dienone is 2. The molecule has 4 heteroatoms. The van der Waals surface area contributed by atoms with E-state index in [1.165, 1.54) is 25.7 Å². The first-order chi connectivity index (χ1) is 7.26. The molecule has 88 valence electrons. The summed E-state index contributed by atoms with van der Waals surface area (Å²) in [6.07, 6.45) is 8.56. The summed E-state index contributed by atoms with van der Waals surface area (Å²) in [5, 5.41) is 0. The lowest BCUT2D eigenvalue weighted by Crippen LogP contribution is -2.42. The first-order valence-corrected chi connectivity index (χ1v) is 7.53. The Morgan fingerprint density at radius 3 is 2.27 bits per heavy atom. The zero-order valence-corrected chi connectivity index (χ0v) is 11.0. The minimum Gasteiger partial charge on any atom is -0.377 e. The molecule has 0 aromatic heterocycles. The van der Waals surface area contributed by atoms with Gasteiger partial charge in [-0.2, -0.15) is 0 Å². The molecule has 0 unspecified atom stereocenters. The monoisotopic (exact) mass is 230 g/mol. The van der Waals surface area contributed by atoms with Gasteiger partial charge in [0, 0.05) is 27.4 Å². The van der Waals surface area contributed by atoms with Gasteiger partial charge in [-0.15, -0.1) is 0 Å². The minimum absolute atomic E-state index is 0.891. The molecule has 0 spiro atoms. The van der Waals surface area contributed by atoms with Crippen LogP contribution in [0.3, 0.4) is 0 Å². The van der Waals surface area contributed by atoms with Gasteiger partial charge in [0.15, 0.2) is 0 Å². The van der Waals surface area contributed by atoms with E-state index >= 15 is 0 Å². The molecule has 0 atom stereocenters. The lowest BCUT2D eigenvalue weighted by Gasteiger charge is -2.25. The van der Waals surface area contributed by atoms with E-state index < -0.39 is 8.80 Å². The molecule has 15 heavy (non-hydrogen) atoms. The lowest BCUT2D eigenvalue weighted by molar-refractivity contribution is 0.123. The van der Waals surface area contributed by atoms with Crippen LogP contribution in [-0.4, -0.2) is 30.1 Å². The average Bonchev–Trinajstić information content (AvgIpc) is 2.33. The molecule has 1 aliphatic carbocycles. The van der Waals surface area contributed by atoms with E-state index in [0.29, 0.717) is 0 Å². The summed E-state index contributed by atoms with van der Waals surface area (Å²) >= 11 is 0. The second-order valence-electron chi connectivity index (χ2n) is 3.90. The Bertz CT molecular complexity index is 204. The molecule has 0 saturated heterocycles. The summed E-state index contributed by atoms with van der Waals surface area (Å²) in [5.74, 6) is 0. The van der Waals surface area contributed by atoms with E-state index in [2.05, 4.69) is 6.08 Å². The van der Waals surface area contributed by atoms with Crippen molar-refractivity contribution in [1.82, 2.24) is 0 Å². The van der Waals surface area contributed by atoms with E-state index in [1.54, 1.807) is 26.9 Å². The van der Waals surface area contributed by atoms with Gasteiger partial charge in [-0.1, -0.05) is 11.6 Å². The third-order valence-corrected chi connectivity index (χ3v) is 5.80. The molecular weight excluding hydrogens is 208 g/mol. The predicted molar refractivity (Wildman–Crippen MR) is 62.8 cm³/mol. The van der Waals surface area contributed by atoms with Crippen molar-refractivity contribution in [3.8, 4) is 0 Å². The highest BCUT2D eigenvalue weighted by atomic mass is 28.4. The molecule has 0 saturated carbocycles. The van der Waals surface area contributed by atoms with Crippen LogP contribution in [0.4, 0.5) is 0 Å². The van der Waals surface area contributed by atoms with Crippen molar-refractivity contribution in [2.24, 2.45) is 0 Å². The Labute approximate surface area is 93.8 Å². The maximum Gasteiger partial charge on any atom is 0.500 e. The van der Waals surface area contributed by atoms with Crippen molar-refractivity contribution in [1.29, 1.82) is 0 Å². The van der Waals surface area contributed by atoms with Gasteiger partial charge in [0.25, 0.3) is 0 Å². The van der Waals surface area contributed by atoms with E-state index in [4.69, 9.17) is 13.3 Å². The molecule has 0 amide bonds. The maximum absolute atomic E-state index is 5.39. The van der Waals surface area contributed by atoms with Crippen molar-refractivity contribution in [3.05, 3.63) is 11.6 Å². The number of hydrogen-bond acceptors (Lipinski definition) is 3. The summed E-state index contributed by atoms with van der Waals surface area (Å²) in [6.45, 7) is 0. The van der Waals surface area contributed by atoms with Gasteiger partial charge in [-0.05, 0) is 32.1 Å². The first-order valence-electron chi connectivity index (χ1n) is 5.59. The van der Waals surface area contributed by atoms with Crippen LogP contribution < -0.4 is 0 Å². The predicted octanol–water partition coefficient (Wildman–Crippen LogP) is 2.76. The molecule has 1 aliphatic rings. The molecule has 0 aliphatic heterocycles. The van der Waals surface area contributed by atoms with Crippen LogP contribution >= 0.6 is 0 Å². The Hall–Kier alpha value is -0.163. The fourth-order valence-corrected chi connectivity index (χ4v) is 3.74. The van der Waals surface area contributed by atoms with Gasteiger partial charge in [0.2, 0.25) is 0 Å². The first kappa shape index (κ1) is 12.9. The Balaban J connectivity index is 2.42. The molecule has 0 aromatic rings. The van der Waals surface area contributed by atoms with Gasteiger partial charge in [-0.25, -0.2) is 0 Å². The Morgan fingerprint density at radius 2 is 1.80 bits per heavy atom. The molecule has 0 N–H and O–H groups in total. The van der Waals surface area contributed by atoms with E-state index in [0.717, 1.165) is 12.5 Å². The van der Waals surface area contributed by atoms with Crippen LogP contribution in [-0.2, 0) is 13.3 Å². The fraction of sp³-hybridized carbons (Fsp3) is 0.818. The highest BCUT2D eigenvalue weighted by Crippen LogP contribution is 2.25. The Morgan fingerprint density at radius 1 is 1.13 bits per heavy atom. The minimum atomic E-state index is -2.34. The molecule has 1 rings (SSSR count). The molecular formula is C11H22O3Si. The van der Waals surface area contributed by atoms with Crippen LogP contribution in [0, 0.1) is 0 Å². The Kier molecular flexibility index (Phi) is 5.53. The summed E-state index contributed by atoms with van der Waals surface area (Å²) in [5.41, 5.74) is 1.55. The molecule has 0 heterocycles. The zero-order chi connectivity index (χ0) is 11.1. The third-order valence-electron chi connectivity index (χ3n) is 3.07. The third kappa shape index (κ3) is 3.72. The van der Waals surface area contributed by atoms with Crippen molar-refractivity contribution in [2.75, 3.05) is 21.3 Å². The summed E-state index contributed by atoms with van der Waals surface area (Å²) < 4.78 is 16.2. The fourth-order valence-electron chi connectivity index (χ4n) is 2.00. The smallest absolute Gasteiger partial charge is 0.377 e. The standard InChI is InChI=1S/C11H22O3Si/c1-12-15(13-2,14-3)10-9-11-7-5-4-6-8-11/h7H,4-6,8-10H2,1-3H3. The van der Waals surface area contributed by atoms with Crippen molar-refractivity contribution < 1.29 is 13.3 Å². The quantitative estimate of drug-likeness (QED) is 0.519. The molecule has 0 fully saturated rings. The largest absolute Gasteiger partial charge is 0.500 e. The number of rotatable bonds is 6. The van der Waals surface area contributed by atoms with Gasteiger partial charge in [0.1, 0.15) is 0 Å². The van der Waals surface area contributed by atoms with Crippen molar-refractivity contribution in [3.63, 3.8) is 0 Å². The maximum atomic E-state index is 5.39. The van der Waals surface area contributed by atoms with E-state index in [-0.39, 0.29) is 0 Å². The molecule has 0 aromatic carbocycles. The summed E-state index contributed by atoms with van der Waals surface area (Å²) in [4.78, 5) is 0. The summed E-state index contributed by atoms with van der Waals surface area (Å²) in [6, 6.07) is 0.891. The van der Waals surface area contributed by atoms with Gasteiger partial charge in [-0.3, -0.25) is 0 Å². The highest BCUT2D eigenvalue weighted by Gasteiger charge is 2.37. The van der Waals surface area contributed by atoms with Crippen LogP contribution in [0.25, 0.3) is 0 Å². The highest BCUT2D eigenvalue weighted by molar-refractivity contribution is 6.60. The normalized spacial score (nSPS) is 17.7. The summed E-state index contributed by atoms with van der Waals surface area (Å²) in [7, 11) is 2.68. The molecule has 0 bridgehead atoms. The lowest BCUT2D eigenvalue weighted by atomic mass is 9.98. The zero-order valence-electron chi connectivity index (χ0n) is 10.0. The molecule has 3 nitrogen and oxygen atoms in total. The SMILES string of the molecule is CO[Si](CCC1=CCCCC1)(OC)OC. The van der Waals surface area contributed by atoms with Gasteiger partial charge in [0.05, 0.1) is 0 Å². The van der Waals surface area contributed by atoms with E-state index in [9.17, 15) is 0 Å². The van der Waals surface area contributed by atoms with Gasteiger partial charge >= 0.3 is 8.80 Å². The van der Waals surface area contributed by atoms with Crippen molar-refractivity contribution >= 4 is 8.80 Å². The second-order valence-corrected chi connectivity index (χ2v) is 6.99. The van der Waals surface area contributed by atoms with Crippen LogP contribution in [0.1, 0.15) is 32.1 Å². The van der Waals surface area contributed by atoms with Crippen LogP contribution in [0.5, 0.6) is 0 Å². The van der Waals surface area contributed by atoms with Crippen LogP contribution in [0.2, 0.25) is 6.04 Å².